The largest absolute Gasteiger partial charge is 0.597 e. The second-order valence-electron chi connectivity index (χ2n) is 8.14. The second kappa shape index (κ2) is 7.72. The van der Waals surface area contributed by atoms with E-state index in [0.29, 0.717) is 0 Å². The Hall–Kier alpha value is -2.36. The zero-order valence-electron chi connectivity index (χ0n) is 16.9. The standard InChI is InChI=1S/C20H21ClN2O6S/c1-10(2)13(19(27)29-20(3,4)5)23-17(26)14(18(23)30(21)28)22-15(24)11-8-6-7-9-12(11)16(22)25/h6-9,13-14,18H,1H2,2-5H3. The molecule has 1 fully saturated rings. The molecule has 0 spiro atoms. The van der Waals surface area contributed by atoms with Crippen molar-refractivity contribution in [3.05, 3.63) is 47.5 Å². The summed E-state index contributed by atoms with van der Waals surface area (Å²) in [5.41, 5.74) is -0.269. The van der Waals surface area contributed by atoms with Gasteiger partial charge in [-0.25, -0.2) is 4.79 Å². The molecule has 3 amide bonds. The van der Waals surface area contributed by atoms with Gasteiger partial charge in [0.05, 0.1) is 21.5 Å². The first-order valence-electron chi connectivity index (χ1n) is 9.11. The first-order valence-corrected chi connectivity index (χ1v) is 11.1. The maximum atomic E-state index is 13.1. The lowest BCUT2D eigenvalue weighted by Gasteiger charge is -2.49. The molecule has 1 saturated heterocycles. The minimum absolute atomic E-state index is 0.149. The van der Waals surface area contributed by atoms with Gasteiger partial charge in [-0.3, -0.25) is 24.2 Å². The molecule has 4 atom stereocenters. The van der Waals surface area contributed by atoms with Crippen LogP contribution in [0.1, 0.15) is 48.4 Å². The van der Waals surface area contributed by atoms with E-state index in [-0.39, 0.29) is 16.7 Å². The van der Waals surface area contributed by atoms with Crippen molar-refractivity contribution < 1.29 is 28.5 Å². The number of halogens is 1. The van der Waals surface area contributed by atoms with Gasteiger partial charge in [0, 0.05) is 0 Å². The lowest BCUT2D eigenvalue weighted by Crippen LogP contribution is -2.76. The monoisotopic (exact) mass is 452 g/mol. The molecule has 0 radical (unpaired) electrons. The summed E-state index contributed by atoms with van der Waals surface area (Å²) in [6, 6.07) is 3.50. The number of β-lactam (4-membered cyclic amide) rings is 1. The van der Waals surface area contributed by atoms with Crippen molar-refractivity contribution in [3.63, 3.8) is 0 Å². The minimum atomic E-state index is -2.19. The van der Waals surface area contributed by atoms with Crippen LogP contribution in [-0.2, 0) is 24.7 Å². The van der Waals surface area contributed by atoms with Gasteiger partial charge in [0.1, 0.15) is 5.60 Å². The average molecular weight is 453 g/mol. The zero-order valence-corrected chi connectivity index (χ0v) is 18.5. The number of hydrogen-bond acceptors (Lipinski definition) is 6. The Morgan fingerprint density at radius 3 is 2.10 bits per heavy atom. The topological polar surface area (TPSA) is 107 Å². The summed E-state index contributed by atoms with van der Waals surface area (Å²) >= 11 is 0. The molecule has 0 saturated carbocycles. The number of imide groups is 1. The molecule has 10 heteroatoms. The molecule has 2 aliphatic heterocycles. The number of carbonyl (C=O) groups is 4. The van der Waals surface area contributed by atoms with Gasteiger partial charge in [-0.15, -0.1) is 0 Å². The van der Waals surface area contributed by atoms with E-state index >= 15 is 0 Å². The molecule has 160 valence electrons. The van der Waals surface area contributed by atoms with Crippen LogP contribution in [0.15, 0.2) is 36.4 Å². The predicted molar refractivity (Wildman–Crippen MR) is 110 cm³/mol. The van der Waals surface area contributed by atoms with E-state index in [1.54, 1.807) is 32.9 Å². The number of fused-ring (bicyclic) bond motifs is 1. The van der Waals surface area contributed by atoms with Crippen LogP contribution in [0.5, 0.6) is 0 Å². The zero-order chi connectivity index (χ0) is 22.5. The number of likely N-dealkylation sites (tertiary alicyclic amines) is 1. The van der Waals surface area contributed by atoms with Crippen LogP contribution < -0.4 is 0 Å². The Balaban J connectivity index is 1.95. The summed E-state index contributed by atoms with van der Waals surface area (Å²) in [6.45, 7) is 10.2. The molecule has 2 heterocycles. The number of benzene rings is 1. The van der Waals surface area contributed by atoms with E-state index in [1.165, 1.54) is 19.1 Å². The van der Waals surface area contributed by atoms with Crippen molar-refractivity contribution in [2.75, 3.05) is 0 Å². The molecule has 1 aromatic carbocycles. The van der Waals surface area contributed by atoms with E-state index in [9.17, 15) is 23.7 Å². The van der Waals surface area contributed by atoms with Gasteiger partial charge in [-0.05, 0) is 45.4 Å². The summed E-state index contributed by atoms with van der Waals surface area (Å²) in [6.07, 6.45) is 0. The van der Waals surface area contributed by atoms with Gasteiger partial charge in [-0.1, -0.05) is 18.7 Å². The summed E-state index contributed by atoms with van der Waals surface area (Å²) in [4.78, 5) is 53.1. The van der Waals surface area contributed by atoms with Crippen LogP contribution in [0.2, 0.25) is 0 Å². The Kier molecular flexibility index (Phi) is 5.74. The number of ether oxygens (including phenoxy) is 1. The van der Waals surface area contributed by atoms with Gasteiger partial charge in [-0.2, -0.15) is 0 Å². The van der Waals surface area contributed by atoms with Crippen molar-refractivity contribution in [1.82, 2.24) is 9.80 Å². The maximum Gasteiger partial charge on any atom is 0.333 e. The fourth-order valence-corrected chi connectivity index (χ4v) is 4.94. The number of rotatable bonds is 5. The number of nitrogens with zero attached hydrogens (tertiary/aromatic N) is 2. The number of hydrogen-bond donors (Lipinski definition) is 0. The Labute approximate surface area is 181 Å². The molecule has 0 aliphatic carbocycles. The summed E-state index contributed by atoms with van der Waals surface area (Å²) in [5.74, 6) is -2.85. The third kappa shape index (κ3) is 3.61. The molecular formula is C20H21ClN2O6S. The molecule has 8 nitrogen and oxygen atoms in total. The summed E-state index contributed by atoms with van der Waals surface area (Å²) in [7, 11) is 3.66. The van der Waals surface area contributed by atoms with E-state index in [1.807, 2.05) is 0 Å². The van der Waals surface area contributed by atoms with Crippen molar-refractivity contribution >= 4 is 44.8 Å². The molecule has 0 N–H and O–H groups in total. The number of carbonyl (C=O) groups excluding carboxylic acids is 4. The Morgan fingerprint density at radius 2 is 1.70 bits per heavy atom. The fourth-order valence-electron chi connectivity index (χ4n) is 3.54. The molecule has 0 aromatic heterocycles. The molecule has 30 heavy (non-hydrogen) atoms. The third-order valence-corrected chi connectivity index (χ3v) is 6.13. The highest BCUT2D eigenvalue weighted by atomic mass is 35.7. The van der Waals surface area contributed by atoms with Gasteiger partial charge >= 0.3 is 5.97 Å². The number of amides is 3. The SMILES string of the molecule is C=C(C)C(C(=O)OC(C)(C)C)N1C(=O)C(N2C(=O)c3ccccc3C2=O)C1[S+]([O-])Cl. The van der Waals surface area contributed by atoms with E-state index in [2.05, 4.69) is 6.58 Å². The lowest BCUT2D eigenvalue weighted by atomic mass is 9.98. The molecule has 2 aliphatic rings. The van der Waals surface area contributed by atoms with Gasteiger partial charge < -0.3 is 9.29 Å². The quantitative estimate of drug-likeness (QED) is 0.222. The van der Waals surface area contributed by atoms with Crippen molar-refractivity contribution in [2.24, 2.45) is 0 Å². The van der Waals surface area contributed by atoms with Crippen LogP contribution in [0.25, 0.3) is 0 Å². The predicted octanol–water partition coefficient (Wildman–Crippen LogP) is 2.01. The van der Waals surface area contributed by atoms with E-state index < -0.39 is 57.1 Å². The normalized spacial score (nSPS) is 23.1. The van der Waals surface area contributed by atoms with Crippen LogP contribution in [0, 0.1) is 0 Å². The highest BCUT2D eigenvalue weighted by Crippen LogP contribution is 2.39. The molecule has 3 rings (SSSR count). The lowest BCUT2D eigenvalue weighted by molar-refractivity contribution is -0.171. The summed E-state index contributed by atoms with van der Waals surface area (Å²) in [5, 5.41) is -1.28. The van der Waals surface area contributed by atoms with Crippen LogP contribution in [0.3, 0.4) is 0 Å². The Morgan fingerprint density at radius 1 is 1.20 bits per heavy atom. The van der Waals surface area contributed by atoms with Crippen molar-refractivity contribution in [2.45, 2.75) is 50.8 Å². The van der Waals surface area contributed by atoms with Gasteiger partial charge in [0.2, 0.25) is 5.37 Å². The van der Waals surface area contributed by atoms with Gasteiger partial charge in [0.25, 0.3) is 17.7 Å². The molecule has 0 bridgehead atoms. The summed E-state index contributed by atoms with van der Waals surface area (Å²) < 4.78 is 17.7. The van der Waals surface area contributed by atoms with Crippen LogP contribution in [0.4, 0.5) is 0 Å². The molecular weight excluding hydrogens is 432 g/mol. The van der Waals surface area contributed by atoms with Crippen LogP contribution >= 0.6 is 10.7 Å². The first kappa shape index (κ1) is 22.3. The van der Waals surface area contributed by atoms with E-state index in [4.69, 9.17) is 15.4 Å². The number of esters is 1. The Bertz CT molecular complexity index is 922. The molecule has 4 unspecified atom stereocenters. The average Bonchev–Trinajstić information content (AvgIpc) is 2.86. The maximum absolute atomic E-state index is 13.1. The van der Waals surface area contributed by atoms with Crippen molar-refractivity contribution in [1.29, 1.82) is 0 Å². The highest BCUT2D eigenvalue weighted by Gasteiger charge is 2.65. The van der Waals surface area contributed by atoms with Gasteiger partial charge in [0.15, 0.2) is 22.8 Å². The molecule has 1 aromatic rings. The smallest absolute Gasteiger partial charge is 0.333 e. The van der Waals surface area contributed by atoms with E-state index in [0.717, 1.165) is 9.80 Å². The second-order valence-corrected chi connectivity index (χ2v) is 10.0. The third-order valence-electron chi connectivity index (χ3n) is 4.72. The highest BCUT2D eigenvalue weighted by molar-refractivity contribution is 8.14. The fraction of sp³-hybridized carbons (Fsp3) is 0.400. The van der Waals surface area contributed by atoms with Crippen molar-refractivity contribution in [3.8, 4) is 0 Å². The minimum Gasteiger partial charge on any atom is -0.597 e. The van der Waals surface area contributed by atoms with Crippen LogP contribution in [-0.4, -0.2) is 61.1 Å². The first-order chi connectivity index (χ1) is 13.9.